The molecule has 132 valence electrons. The maximum atomic E-state index is 11.9. The van der Waals surface area contributed by atoms with Gasteiger partial charge in [-0.15, -0.1) is 5.10 Å². The van der Waals surface area contributed by atoms with Crippen LogP contribution in [0.3, 0.4) is 0 Å². The normalized spacial score (nSPS) is 11.7. The zero-order valence-corrected chi connectivity index (χ0v) is 14.8. The van der Waals surface area contributed by atoms with Crippen molar-refractivity contribution in [2.75, 3.05) is 18.5 Å². The van der Waals surface area contributed by atoms with E-state index in [2.05, 4.69) is 25.5 Å². The molecule has 0 aromatic carbocycles. The second-order valence-electron chi connectivity index (χ2n) is 6.81. The highest BCUT2D eigenvalue weighted by Crippen LogP contribution is 2.22. The molecule has 0 spiro atoms. The molecule has 0 saturated heterocycles. The Hall–Kier alpha value is -2.90. The van der Waals surface area contributed by atoms with E-state index in [-0.39, 0.29) is 11.1 Å². The number of anilines is 1. The molecular weight excluding hydrogens is 320 g/mol. The summed E-state index contributed by atoms with van der Waals surface area (Å²) in [5.74, 6) is 1.30. The van der Waals surface area contributed by atoms with Crippen LogP contribution in [0.25, 0.3) is 5.65 Å². The first-order valence-electron chi connectivity index (χ1n) is 8.13. The highest BCUT2D eigenvalue weighted by Gasteiger charge is 2.19. The third kappa shape index (κ3) is 3.62. The van der Waals surface area contributed by atoms with Gasteiger partial charge in [-0.25, -0.2) is 19.3 Å². The van der Waals surface area contributed by atoms with Crippen molar-refractivity contribution >= 4 is 11.5 Å². The van der Waals surface area contributed by atoms with E-state index < -0.39 is 0 Å². The molecule has 25 heavy (non-hydrogen) atoms. The minimum Gasteiger partial charge on any atom is -0.490 e. The fourth-order valence-corrected chi connectivity index (χ4v) is 2.35. The summed E-state index contributed by atoms with van der Waals surface area (Å²) in [6.45, 7) is 9.00. The summed E-state index contributed by atoms with van der Waals surface area (Å²) < 4.78 is 7.20. The average Bonchev–Trinajstić information content (AvgIpc) is 2.94. The van der Waals surface area contributed by atoms with Crippen molar-refractivity contribution in [2.24, 2.45) is 0 Å². The second-order valence-corrected chi connectivity index (χ2v) is 6.81. The van der Waals surface area contributed by atoms with Gasteiger partial charge >= 0.3 is 5.69 Å². The van der Waals surface area contributed by atoms with Crippen molar-refractivity contribution in [3.8, 4) is 5.75 Å². The monoisotopic (exact) mass is 342 g/mol. The van der Waals surface area contributed by atoms with Gasteiger partial charge in [-0.1, -0.05) is 20.8 Å². The van der Waals surface area contributed by atoms with E-state index in [0.29, 0.717) is 24.6 Å². The summed E-state index contributed by atoms with van der Waals surface area (Å²) in [5, 5.41) is 9.70. The minimum absolute atomic E-state index is 0.190. The Morgan fingerprint density at radius 3 is 2.88 bits per heavy atom. The van der Waals surface area contributed by atoms with Gasteiger partial charge in [0.05, 0.1) is 17.9 Å². The molecule has 0 aliphatic rings. The number of H-pyrrole nitrogens is 1. The molecule has 0 bridgehead atoms. The third-order valence-corrected chi connectivity index (χ3v) is 3.78. The Morgan fingerprint density at radius 1 is 1.36 bits per heavy atom. The van der Waals surface area contributed by atoms with E-state index in [0.717, 1.165) is 17.1 Å². The van der Waals surface area contributed by atoms with E-state index in [9.17, 15) is 4.79 Å². The van der Waals surface area contributed by atoms with Crippen LogP contribution in [0.4, 0.5) is 5.82 Å². The molecule has 0 fully saturated rings. The molecule has 3 rings (SSSR count). The molecule has 0 aliphatic heterocycles. The standard InChI is InChI=1S/C17H22N6O2/c1-11-12(6-5-7-18-11)25-9-8-19-14-15-21-22-16(24)23(15)10-13(20-14)17(2,3)4/h5-7,10H,8-9H2,1-4H3,(H,19,20)(H,22,24). The summed E-state index contributed by atoms with van der Waals surface area (Å²) in [6, 6.07) is 3.72. The lowest BCUT2D eigenvalue weighted by molar-refractivity contribution is 0.329. The molecule has 0 aliphatic carbocycles. The number of nitrogens with zero attached hydrogens (tertiary/aromatic N) is 4. The summed E-state index contributed by atoms with van der Waals surface area (Å²) in [5.41, 5.74) is 1.64. The van der Waals surface area contributed by atoms with Crippen LogP contribution in [0.1, 0.15) is 32.2 Å². The lowest BCUT2D eigenvalue weighted by Crippen LogP contribution is -2.20. The molecule has 3 heterocycles. The fourth-order valence-electron chi connectivity index (χ4n) is 2.35. The molecule has 0 radical (unpaired) electrons. The lowest BCUT2D eigenvalue weighted by atomic mass is 9.93. The van der Waals surface area contributed by atoms with E-state index in [4.69, 9.17) is 4.74 Å². The van der Waals surface area contributed by atoms with Gasteiger partial charge in [-0.05, 0) is 19.1 Å². The molecule has 8 nitrogen and oxygen atoms in total. The topological polar surface area (TPSA) is 97.2 Å². The molecule has 3 aromatic heterocycles. The first-order chi connectivity index (χ1) is 11.9. The molecule has 0 saturated carbocycles. The maximum absolute atomic E-state index is 11.9. The first-order valence-corrected chi connectivity index (χ1v) is 8.13. The predicted octanol–water partition coefficient (Wildman–Crippen LogP) is 1.91. The zero-order chi connectivity index (χ0) is 18.0. The second kappa shape index (κ2) is 6.54. The highest BCUT2D eigenvalue weighted by atomic mass is 16.5. The molecule has 0 unspecified atom stereocenters. The number of aryl methyl sites for hydroxylation is 1. The molecule has 0 amide bonds. The van der Waals surface area contributed by atoms with Crippen LogP contribution in [-0.4, -0.2) is 37.7 Å². The summed E-state index contributed by atoms with van der Waals surface area (Å²) >= 11 is 0. The van der Waals surface area contributed by atoms with Gasteiger partial charge in [0.15, 0.2) is 5.82 Å². The van der Waals surface area contributed by atoms with Gasteiger partial charge in [0.2, 0.25) is 5.65 Å². The largest absolute Gasteiger partial charge is 0.490 e. The van der Waals surface area contributed by atoms with Gasteiger partial charge in [0.1, 0.15) is 12.4 Å². The smallest absolute Gasteiger partial charge is 0.347 e. The minimum atomic E-state index is -0.284. The number of rotatable bonds is 5. The fraction of sp³-hybridized carbons (Fsp3) is 0.412. The number of ether oxygens (including phenoxy) is 1. The van der Waals surface area contributed by atoms with Crippen LogP contribution in [0, 0.1) is 6.92 Å². The Labute approximate surface area is 145 Å². The zero-order valence-electron chi connectivity index (χ0n) is 14.8. The third-order valence-electron chi connectivity index (χ3n) is 3.78. The van der Waals surface area contributed by atoms with E-state index in [1.54, 1.807) is 12.4 Å². The number of pyridine rings is 1. The molecule has 2 N–H and O–H groups in total. The van der Waals surface area contributed by atoms with E-state index in [1.165, 1.54) is 4.40 Å². The summed E-state index contributed by atoms with van der Waals surface area (Å²) in [4.78, 5) is 20.7. The number of aromatic amines is 1. The average molecular weight is 342 g/mol. The van der Waals surface area contributed by atoms with Crippen LogP contribution in [0.5, 0.6) is 5.75 Å². The number of aromatic nitrogens is 5. The number of hydrogen-bond acceptors (Lipinski definition) is 6. The molecule has 8 heteroatoms. The summed E-state index contributed by atoms with van der Waals surface area (Å²) in [7, 11) is 0. The molecule has 3 aromatic rings. The molecule has 0 atom stereocenters. The highest BCUT2D eigenvalue weighted by molar-refractivity contribution is 5.62. The van der Waals surface area contributed by atoms with Crippen LogP contribution in [-0.2, 0) is 5.41 Å². The van der Waals surface area contributed by atoms with Crippen molar-refractivity contribution in [2.45, 2.75) is 33.1 Å². The van der Waals surface area contributed by atoms with Gasteiger partial charge in [0, 0.05) is 17.8 Å². The van der Waals surface area contributed by atoms with Crippen molar-refractivity contribution in [3.05, 3.63) is 46.4 Å². The quantitative estimate of drug-likeness (QED) is 0.688. The van der Waals surface area contributed by atoms with Gasteiger partial charge in [-0.3, -0.25) is 4.98 Å². The summed E-state index contributed by atoms with van der Waals surface area (Å²) in [6.07, 6.45) is 3.45. The predicted molar refractivity (Wildman–Crippen MR) is 95.3 cm³/mol. The maximum Gasteiger partial charge on any atom is 0.347 e. The van der Waals surface area contributed by atoms with Gasteiger partial charge < -0.3 is 10.1 Å². The molecular formula is C17H22N6O2. The van der Waals surface area contributed by atoms with Crippen LogP contribution in [0.2, 0.25) is 0 Å². The van der Waals surface area contributed by atoms with E-state index in [1.807, 2.05) is 39.8 Å². The Balaban J connectivity index is 1.77. The Kier molecular flexibility index (Phi) is 4.43. The van der Waals surface area contributed by atoms with Gasteiger partial charge in [-0.2, -0.15) is 0 Å². The van der Waals surface area contributed by atoms with Crippen LogP contribution in [0.15, 0.2) is 29.3 Å². The lowest BCUT2D eigenvalue weighted by Gasteiger charge is -2.19. The SMILES string of the molecule is Cc1ncccc1OCCNc1nc(C(C)(C)C)cn2c(=O)[nH]nc12. The Bertz CT molecular complexity index is 938. The van der Waals surface area contributed by atoms with Crippen LogP contribution < -0.4 is 15.7 Å². The first kappa shape index (κ1) is 16.9. The Morgan fingerprint density at radius 2 is 2.16 bits per heavy atom. The van der Waals surface area contributed by atoms with E-state index >= 15 is 0 Å². The van der Waals surface area contributed by atoms with Crippen molar-refractivity contribution < 1.29 is 4.74 Å². The van der Waals surface area contributed by atoms with Gasteiger partial charge in [0.25, 0.3) is 0 Å². The number of fused-ring (bicyclic) bond motifs is 1. The van der Waals surface area contributed by atoms with Crippen molar-refractivity contribution in [1.82, 2.24) is 24.6 Å². The van der Waals surface area contributed by atoms with Crippen LogP contribution >= 0.6 is 0 Å². The number of nitrogens with one attached hydrogen (secondary N) is 2. The number of hydrogen-bond donors (Lipinski definition) is 2. The van der Waals surface area contributed by atoms with Crippen molar-refractivity contribution in [1.29, 1.82) is 0 Å². The van der Waals surface area contributed by atoms with Crippen molar-refractivity contribution in [3.63, 3.8) is 0 Å².